The van der Waals surface area contributed by atoms with Gasteiger partial charge < -0.3 is 24.4 Å². The Labute approximate surface area is 287 Å². The van der Waals surface area contributed by atoms with Gasteiger partial charge in [-0.2, -0.15) is 0 Å². The van der Waals surface area contributed by atoms with Gasteiger partial charge >= 0.3 is 11.9 Å². The normalized spacial score (nSPS) is 25.3. The van der Waals surface area contributed by atoms with Crippen LogP contribution in [0.3, 0.4) is 0 Å². The minimum Gasteiger partial charge on any atom is -0.493 e. The van der Waals surface area contributed by atoms with Crippen molar-refractivity contribution in [1.29, 1.82) is 0 Å². The number of nitrogens with zero attached hydrogens (tertiary/aromatic N) is 1. The number of hydrogen-bond acceptors (Lipinski definition) is 10. The van der Waals surface area contributed by atoms with Gasteiger partial charge in [0, 0.05) is 18.8 Å². The Morgan fingerprint density at radius 2 is 1.82 bits per heavy atom. The van der Waals surface area contributed by atoms with E-state index in [1.807, 2.05) is 0 Å². The van der Waals surface area contributed by atoms with E-state index in [0.29, 0.717) is 37.2 Å². The fourth-order valence-electron chi connectivity index (χ4n) is 6.44. The lowest BCUT2D eigenvalue weighted by molar-refractivity contribution is -0.161. The van der Waals surface area contributed by atoms with Crippen molar-refractivity contribution < 1.29 is 46.6 Å². The summed E-state index contributed by atoms with van der Waals surface area (Å²) in [7, 11) is -3.90. The van der Waals surface area contributed by atoms with Crippen molar-refractivity contribution in [1.82, 2.24) is 14.9 Å². The second kappa shape index (κ2) is 13.1. The van der Waals surface area contributed by atoms with Crippen LogP contribution in [-0.4, -0.2) is 84.7 Å². The summed E-state index contributed by atoms with van der Waals surface area (Å²) < 4.78 is 44.2. The Kier molecular flexibility index (Phi) is 9.69. The van der Waals surface area contributed by atoms with Crippen LogP contribution in [0.15, 0.2) is 30.9 Å². The van der Waals surface area contributed by atoms with Crippen molar-refractivity contribution in [2.24, 2.45) is 17.3 Å². The Morgan fingerprint density at radius 3 is 2.41 bits per heavy atom. The molecule has 2 aliphatic carbocycles. The van der Waals surface area contributed by atoms with E-state index in [0.717, 1.165) is 5.56 Å². The third-order valence-electron chi connectivity index (χ3n) is 9.43. The molecule has 0 spiro atoms. The van der Waals surface area contributed by atoms with Crippen LogP contribution in [0.4, 0.5) is 0 Å². The summed E-state index contributed by atoms with van der Waals surface area (Å²) in [6, 6.07) is 3.79. The number of hydrogen-bond donors (Lipinski definition) is 2. The lowest BCUT2D eigenvalue weighted by Gasteiger charge is -2.35. The molecule has 1 aromatic carbocycles. The van der Waals surface area contributed by atoms with Crippen molar-refractivity contribution in [3.05, 3.63) is 42.0 Å². The van der Waals surface area contributed by atoms with E-state index in [2.05, 4.69) is 16.6 Å². The zero-order chi connectivity index (χ0) is 36.1. The Hall–Kier alpha value is -3.94. The standard InChI is InChI=1S/C35H47N3O10S/c1-8-22-18-35(22,32(43)37-49(44,45)24-10-11-24)36-29(40)26-16-23(47-31(42)21-9-12-27-20(15-21)13-14-46-27)19-38(26)30(41)25(33(2,3)4)17-28(39)48-34(5,6)7/h8-9,12,15,22-26H,1,10-11,13-14,16-19H2,2-7H3,(H,36,40)(H,37,43)/t22-,23+,25-,26+,35-/m1/s1. The highest BCUT2D eigenvalue weighted by molar-refractivity contribution is 7.91. The molecule has 2 saturated carbocycles. The van der Waals surface area contributed by atoms with Crippen LogP contribution in [0, 0.1) is 17.3 Å². The number of rotatable bonds is 11. The van der Waals surface area contributed by atoms with Gasteiger partial charge in [0.2, 0.25) is 21.8 Å². The zero-order valence-electron chi connectivity index (χ0n) is 29.0. The van der Waals surface area contributed by atoms with Gasteiger partial charge in [0.1, 0.15) is 29.0 Å². The Morgan fingerprint density at radius 1 is 1.12 bits per heavy atom. The van der Waals surface area contributed by atoms with Crippen molar-refractivity contribution in [2.75, 3.05) is 13.2 Å². The molecule has 14 heteroatoms. The minimum atomic E-state index is -3.90. The molecule has 3 amide bonds. The van der Waals surface area contributed by atoms with Crippen LogP contribution in [0.1, 0.15) is 89.6 Å². The van der Waals surface area contributed by atoms with Crippen molar-refractivity contribution in [3.8, 4) is 5.75 Å². The largest absolute Gasteiger partial charge is 0.493 e. The SMILES string of the molecule is C=C[C@@H]1C[C@]1(NC(=O)[C@@H]1C[C@H](OC(=O)c2ccc3c(c2)CCO3)CN1C(=O)[C@@H](CC(=O)OC(C)(C)C)C(C)(C)C)C(=O)NS(=O)(=O)C1CC1. The van der Waals surface area contributed by atoms with Crippen molar-refractivity contribution >= 4 is 39.7 Å². The van der Waals surface area contributed by atoms with Gasteiger partial charge in [-0.1, -0.05) is 26.8 Å². The molecule has 2 heterocycles. The lowest BCUT2D eigenvalue weighted by atomic mass is 9.77. The summed E-state index contributed by atoms with van der Waals surface area (Å²) >= 11 is 0. The van der Waals surface area contributed by atoms with Gasteiger partial charge in [-0.05, 0) is 69.2 Å². The molecule has 0 radical (unpaired) electrons. The van der Waals surface area contributed by atoms with Gasteiger partial charge in [0.15, 0.2) is 0 Å². The molecule has 5 rings (SSSR count). The average molecular weight is 702 g/mol. The highest BCUT2D eigenvalue weighted by Crippen LogP contribution is 2.46. The number of esters is 2. The van der Waals surface area contributed by atoms with E-state index < -0.39 is 85.5 Å². The summed E-state index contributed by atoms with van der Waals surface area (Å²) in [6.45, 7) is 14.7. The van der Waals surface area contributed by atoms with Gasteiger partial charge in [0.05, 0.1) is 36.3 Å². The number of nitrogens with one attached hydrogen (secondary N) is 2. The molecule has 0 aromatic heterocycles. The van der Waals surface area contributed by atoms with Crippen LogP contribution < -0.4 is 14.8 Å². The molecule has 3 fully saturated rings. The fourth-order valence-corrected chi connectivity index (χ4v) is 7.80. The van der Waals surface area contributed by atoms with E-state index in [4.69, 9.17) is 14.2 Å². The van der Waals surface area contributed by atoms with Gasteiger partial charge in [-0.3, -0.25) is 23.9 Å². The Balaban J connectivity index is 1.40. The topological polar surface area (TPSA) is 174 Å². The number of benzene rings is 1. The molecule has 2 aliphatic heterocycles. The highest BCUT2D eigenvalue weighted by atomic mass is 32.2. The molecule has 49 heavy (non-hydrogen) atoms. The summed E-state index contributed by atoms with van der Waals surface area (Å²) in [6.07, 6.45) is 1.91. The molecule has 5 atom stereocenters. The molecule has 0 bridgehead atoms. The molecule has 2 N–H and O–H groups in total. The number of amides is 3. The molecule has 4 aliphatic rings. The quantitative estimate of drug-likeness (QED) is 0.258. The van der Waals surface area contributed by atoms with Gasteiger partial charge in [-0.15, -0.1) is 6.58 Å². The maximum atomic E-state index is 14.4. The van der Waals surface area contributed by atoms with Crippen LogP contribution in [0.25, 0.3) is 0 Å². The van der Waals surface area contributed by atoms with Gasteiger partial charge in [0.25, 0.3) is 5.91 Å². The predicted molar refractivity (Wildman–Crippen MR) is 178 cm³/mol. The maximum absolute atomic E-state index is 14.4. The monoisotopic (exact) mass is 701 g/mol. The molecular weight excluding hydrogens is 654 g/mol. The van der Waals surface area contributed by atoms with Crippen LogP contribution in [-0.2, 0) is 45.1 Å². The second-order valence-electron chi connectivity index (χ2n) is 15.6. The van der Waals surface area contributed by atoms with Crippen LogP contribution in [0.2, 0.25) is 0 Å². The number of ether oxygens (including phenoxy) is 3. The molecule has 1 saturated heterocycles. The minimum absolute atomic E-state index is 0.0858. The maximum Gasteiger partial charge on any atom is 0.338 e. The predicted octanol–water partition coefficient (Wildman–Crippen LogP) is 2.81. The van der Waals surface area contributed by atoms with E-state index in [1.165, 1.54) is 11.0 Å². The van der Waals surface area contributed by atoms with E-state index in [9.17, 15) is 32.4 Å². The summed E-state index contributed by atoms with van der Waals surface area (Å²) in [4.78, 5) is 69.3. The Bertz CT molecular complexity index is 1660. The first-order valence-corrected chi connectivity index (χ1v) is 18.3. The molecule has 0 unspecified atom stereocenters. The van der Waals surface area contributed by atoms with Crippen molar-refractivity contribution in [3.63, 3.8) is 0 Å². The molecule has 13 nitrogen and oxygen atoms in total. The fraction of sp³-hybridized carbons (Fsp3) is 0.629. The third-order valence-corrected chi connectivity index (χ3v) is 11.2. The van der Waals surface area contributed by atoms with Gasteiger partial charge in [-0.25, -0.2) is 13.2 Å². The zero-order valence-corrected chi connectivity index (χ0v) is 29.8. The number of carbonyl (C=O) groups excluding carboxylic acids is 5. The van der Waals surface area contributed by atoms with E-state index in [-0.39, 0.29) is 25.8 Å². The number of sulfonamides is 1. The second-order valence-corrected chi connectivity index (χ2v) is 17.5. The highest BCUT2D eigenvalue weighted by Gasteiger charge is 2.62. The number of carbonyl (C=O) groups is 5. The number of likely N-dealkylation sites (tertiary alicyclic amines) is 1. The number of fused-ring (bicyclic) bond motifs is 1. The molecular formula is C35H47N3O10S. The molecule has 1 aromatic rings. The molecule has 268 valence electrons. The van der Waals surface area contributed by atoms with Crippen LogP contribution in [0.5, 0.6) is 5.75 Å². The first-order valence-electron chi connectivity index (χ1n) is 16.7. The smallest absolute Gasteiger partial charge is 0.338 e. The summed E-state index contributed by atoms with van der Waals surface area (Å²) in [5, 5.41) is 2.08. The average Bonchev–Trinajstić information content (AvgIpc) is 3.88. The first-order chi connectivity index (χ1) is 22.7. The van der Waals surface area contributed by atoms with E-state index in [1.54, 1.807) is 59.7 Å². The van der Waals surface area contributed by atoms with E-state index >= 15 is 0 Å². The summed E-state index contributed by atoms with van der Waals surface area (Å²) in [5.74, 6) is -4.06. The lowest BCUT2D eigenvalue weighted by Crippen LogP contribution is -2.57. The summed E-state index contributed by atoms with van der Waals surface area (Å²) in [5.41, 5.74) is -1.92. The third kappa shape index (κ3) is 8.11. The van der Waals surface area contributed by atoms with Crippen molar-refractivity contribution in [2.45, 2.75) is 109 Å². The first kappa shape index (κ1) is 36.3. The van der Waals surface area contributed by atoms with Crippen LogP contribution >= 0.6 is 0 Å².